The molecule has 0 amide bonds. The normalized spacial score (nSPS) is 14.0. The Morgan fingerprint density at radius 1 is 1.11 bits per heavy atom. The van der Waals surface area contributed by atoms with E-state index in [1.807, 2.05) is 0 Å². The molecule has 106 valence electrons. The minimum absolute atomic E-state index is 0.556. The molecule has 19 heavy (non-hydrogen) atoms. The Hall–Kier alpha value is -1.06. The van der Waals surface area contributed by atoms with Crippen LogP contribution in [0, 0.1) is 0 Å². The van der Waals surface area contributed by atoms with E-state index in [-0.39, 0.29) is 0 Å². The molecule has 7 nitrogen and oxygen atoms in total. The number of guanidine groups is 1. The van der Waals surface area contributed by atoms with Crippen LogP contribution in [0.4, 0.5) is 5.69 Å². The molecular formula is C9H11Cl2N3O4S. The molecule has 0 radical (unpaired) electrons. The molecule has 1 aliphatic rings. The van der Waals surface area contributed by atoms with Crippen LogP contribution < -0.4 is 10.6 Å². The molecule has 1 aromatic carbocycles. The summed E-state index contributed by atoms with van der Waals surface area (Å²) >= 11 is 11.9. The Morgan fingerprint density at radius 2 is 1.53 bits per heavy atom. The Kier molecular flexibility index (Phi) is 5.83. The molecule has 2 rings (SSSR count). The van der Waals surface area contributed by atoms with Crippen molar-refractivity contribution in [3.05, 3.63) is 28.2 Å². The van der Waals surface area contributed by atoms with E-state index in [1.54, 1.807) is 18.2 Å². The molecule has 1 heterocycles. The van der Waals surface area contributed by atoms with Crippen LogP contribution in [0.2, 0.25) is 10.0 Å². The number of aliphatic imine (C=N–C) groups is 1. The van der Waals surface area contributed by atoms with E-state index in [9.17, 15) is 0 Å². The minimum Gasteiger partial charge on any atom is -0.354 e. The van der Waals surface area contributed by atoms with Crippen molar-refractivity contribution in [1.82, 2.24) is 10.6 Å². The number of hydrogen-bond donors (Lipinski definition) is 4. The molecule has 4 N–H and O–H groups in total. The SMILES string of the molecule is Clc1cccc(Cl)c1N=C1NCCN1.O=S(=O)(O)O. The van der Waals surface area contributed by atoms with Gasteiger partial charge in [0.05, 0.1) is 10.0 Å². The van der Waals surface area contributed by atoms with Gasteiger partial charge in [0, 0.05) is 13.1 Å². The van der Waals surface area contributed by atoms with Gasteiger partial charge in [-0.25, -0.2) is 4.99 Å². The molecule has 0 aliphatic carbocycles. The first kappa shape index (κ1) is 16.0. The van der Waals surface area contributed by atoms with E-state index in [0.29, 0.717) is 15.7 Å². The third kappa shape index (κ3) is 6.60. The van der Waals surface area contributed by atoms with E-state index in [0.717, 1.165) is 19.0 Å². The van der Waals surface area contributed by atoms with Crippen LogP contribution in [0.15, 0.2) is 23.2 Å². The molecule has 10 heteroatoms. The maximum absolute atomic E-state index is 8.74. The van der Waals surface area contributed by atoms with Gasteiger partial charge in [0.2, 0.25) is 0 Å². The summed E-state index contributed by atoms with van der Waals surface area (Å²) in [5.41, 5.74) is 0.604. The van der Waals surface area contributed by atoms with E-state index in [1.165, 1.54) is 0 Å². The van der Waals surface area contributed by atoms with Gasteiger partial charge in [0.25, 0.3) is 0 Å². The molecule has 1 aliphatic heterocycles. The van der Waals surface area contributed by atoms with Crippen LogP contribution in [-0.4, -0.2) is 36.6 Å². The lowest BCUT2D eigenvalue weighted by atomic mass is 10.3. The van der Waals surface area contributed by atoms with Gasteiger partial charge in [-0.1, -0.05) is 29.3 Å². The molecule has 0 aromatic heterocycles. The van der Waals surface area contributed by atoms with Crippen LogP contribution in [0.3, 0.4) is 0 Å². The average molecular weight is 328 g/mol. The average Bonchev–Trinajstić information content (AvgIpc) is 2.74. The van der Waals surface area contributed by atoms with Crippen molar-refractivity contribution in [2.75, 3.05) is 13.1 Å². The second-order valence-electron chi connectivity index (χ2n) is 3.33. The van der Waals surface area contributed by atoms with Crippen LogP contribution in [-0.2, 0) is 10.4 Å². The summed E-state index contributed by atoms with van der Waals surface area (Å²) in [4.78, 5) is 4.29. The first-order valence-electron chi connectivity index (χ1n) is 4.97. The smallest absolute Gasteiger partial charge is 0.354 e. The van der Waals surface area contributed by atoms with E-state index in [4.69, 9.17) is 40.7 Å². The molecule has 0 unspecified atom stereocenters. The lowest BCUT2D eigenvalue weighted by Crippen LogP contribution is -2.23. The Labute approximate surface area is 120 Å². The third-order valence-corrected chi connectivity index (χ3v) is 2.48. The Morgan fingerprint density at radius 3 is 1.95 bits per heavy atom. The maximum Gasteiger partial charge on any atom is 0.394 e. The van der Waals surface area contributed by atoms with Gasteiger partial charge in [-0.2, -0.15) is 8.42 Å². The predicted octanol–water partition coefficient (Wildman–Crippen LogP) is 1.52. The zero-order chi connectivity index (χ0) is 14.5. The van der Waals surface area contributed by atoms with Gasteiger partial charge in [0.1, 0.15) is 5.69 Å². The molecular weight excluding hydrogens is 317 g/mol. The van der Waals surface area contributed by atoms with E-state index in [2.05, 4.69) is 15.6 Å². The number of nitrogens with one attached hydrogen (secondary N) is 2. The van der Waals surface area contributed by atoms with Crippen molar-refractivity contribution in [2.45, 2.75) is 0 Å². The summed E-state index contributed by atoms with van der Waals surface area (Å²) in [6.07, 6.45) is 0. The minimum atomic E-state index is -4.67. The first-order valence-corrected chi connectivity index (χ1v) is 7.13. The first-order chi connectivity index (χ1) is 8.77. The fraction of sp³-hybridized carbons (Fsp3) is 0.222. The quantitative estimate of drug-likeness (QED) is 0.582. The molecule has 1 aromatic rings. The highest BCUT2D eigenvalue weighted by Crippen LogP contribution is 2.32. The largest absolute Gasteiger partial charge is 0.394 e. The molecule has 1 fully saturated rings. The van der Waals surface area contributed by atoms with Crippen molar-refractivity contribution >= 4 is 45.2 Å². The monoisotopic (exact) mass is 327 g/mol. The lowest BCUT2D eigenvalue weighted by Gasteiger charge is -2.02. The Bertz CT molecular complexity index is 541. The van der Waals surface area contributed by atoms with Gasteiger partial charge < -0.3 is 10.6 Å². The number of halogens is 2. The van der Waals surface area contributed by atoms with Crippen LogP contribution >= 0.6 is 23.2 Å². The van der Waals surface area contributed by atoms with Gasteiger partial charge >= 0.3 is 10.4 Å². The van der Waals surface area contributed by atoms with Crippen molar-refractivity contribution < 1.29 is 17.5 Å². The zero-order valence-corrected chi connectivity index (χ0v) is 11.8. The number of rotatable bonds is 1. The summed E-state index contributed by atoms with van der Waals surface area (Å²) in [6, 6.07) is 5.33. The van der Waals surface area contributed by atoms with Gasteiger partial charge in [-0.05, 0) is 12.1 Å². The number of benzene rings is 1. The van der Waals surface area contributed by atoms with E-state index >= 15 is 0 Å². The molecule has 0 atom stereocenters. The van der Waals surface area contributed by atoms with Crippen molar-refractivity contribution in [3.8, 4) is 0 Å². The highest BCUT2D eigenvalue weighted by molar-refractivity contribution is 7.79. The number of hydrogen-bond acceptors (Lipinski definition) is 3. The summed E-state index contributed by atoms with van der Waals surface area (Å²) in [5.74, 6) is 0.722. The van der Waals surface area contributed by atoms with Crippen LogP contribution in [0.25, 0.3) is 0 Å². The summed E-state index contributed by atoms with van der Waals surface area (Å²) < 4.78 is 31.6. The van der Waals surface area contributed by atoms with Crippen LogP contribution in [0.1, 0.15) is 0 Å². The highest BCUT2D eigenvalue weighted by Gasteiger charge is 2.08. The maximum atomic E-state index is 8.74. The zero-order valence-electron chi connectivity index (χ0n) is 9.47. The van der Waals surface area contributed by atoms with Gasteiger partial charge in [0.15, 0.2) is 5.96 Å². The fourth-order valence-corrected chi connectivity index (χ4v) is 1.69. The van der Waals surface area contributed by atoms with Gasteiger partial charge in [-0.3, -0.25) is 9.11 Å². The van der Waals surface area contributed by atoms with Crippen molar-refractivity contribution in [2.24, 2.45) is 4.99 Å². The summed E-state index contributed by atoms with van der Waals surface area (Å²) in [6.45, 7) is 1.75. The lowest BCUT2D eigenvalue weighted by molar-refractivity contribution is 0.381. The second-order valence-corrected chi connectivity index (χ2v) is 5.04. The van der Waals surface area contributed by atoms with E-state index < -0.39 is 10.4 Å². The standard InChI is InChI=1S/C9H9Cl2N3.H2O4S/c10-6-2-1-3-7(11)8(6)14-9-12-4-5-13-9;1-5(2,3)4/h1-3H,4-5H2,(H2,12,13,14);(H2,1,2,3,4). The highest BCUT2D eigenvalue weighted by atomic mass is 35.5. The van der Waals surface area contributed by atoms with Crippen molar-refractivity contribution in [1.29, 1.82) is 0 Å². The fourth-order valence-electron chi connectivity index (χ4n) is 1.21. The predicted molar refractivity (Wildman–Crippen MR) is 73.7 cm³/mol. The van der Waals surface area contributed by atoms with Crippen LogP contribution in [0.5, 0.6) is 0 Å². The van der Waals surface area contributed by atoms with Gasteiger partial charge in [-0.15, -0.1) is 0 Å². The number of nitrogens with zero attached hydrogens (tertiary/aromatic N) is 1. The summed E-state index contributed by atoms with van der Waals surface area (Å²) in [7, 11) is -4.67. The molecule has 0 bridgehead atoms. The topological polar surface area (TPSA) is 111 Å². The molecule has 0 spiro atoms. The summed E-state index contributed by atoms with van der Waals surface area (Å²) in [5, 5.41) is 7.27. The molecule has 0 saturated carbocycles. The third-order valence-electron chi connectivity index (χ3n) is 1.87. The second kappa shape index (κ2) is 6.92. The Balaban J connectivity index is 0.000000312. The van der Waals surface area contributed by atoms with Crippen molar-refractivity contribution in [3.63, 3.8) is 0 Å². The number of para-hydroxylation sites is 1. The molecule has 1 saturated heterocycles.